The highest BCUT2D eigenvalue weighted by Crippen LogP contribution is 2.24. The molecular weight excluding hydrogens is 1140 g/mol. The molecule has 21 nitrogen and oxygen atoms in total. The van der Waals surface area contributed by atoms with E-state index in [-0.39, 0.29) is 105 Å². The molecule has 0 aliphatic heterocycles. The van der Waals surface area contributed by atoms with Crippen molar-refractivity contribution < 1.29 is 34.0 Å². The molecule has 0 aliphatic carbocycles. The largest absolute Gasteiger partial charge is 0.490 e. The first-order valence-corrected chi connectivity index (χ1v) is 27.1. The van der Waals surface area contributed by atoms with E-state index in [0.717, 1.165) is 51.4 Å². The number of carbonyl (C=O) groups excluding carboxylic acids is 1. The number of hydrogen-bond acceptors (Lipinski definition) is 15. The van der Waals surface area contributed by atoms with Gasteiger partial charge in [0.2, 0.25) is 5.24 Å². The van der Waals surface area contributed by atoms with Crippen molar-refractivity contribution in [1.82, 2.24) is 47.2 Å². The van der Waals surface area contributed by atoms with Gasteiger partial charge >= 0.3 is 11.4 Å². The predicted octanol–water partition coefficient (Wildman–Crippen LogP) is 6.83. The summed E-state index contributed by atoms with van der Waals surface area (Å²) < 4.78 is 32.0. The van der Waals surface area contributed by atoms with Gasteiger partial charge in [-0.2, -0.15) is 9.97 Å². The first-order chi connectivity index (χ1) is 38.7. The molecule has 8 rings (SSSR count). The Labute approximate surface area is 496 Å². The summed E-state index contributed by atoms with van der Waals surface area (Å²) in [6.07, 6.45) is 0.655. The van der Waals surface area contributed by atoms with Crippen LogP contribution < -0.4 is 41.4 Å². The lowest BCUT2D eigenvalue weighted by molar-refractivity contribution is -0.109. The second kappa shape index (κ2) is 33.2. The van der Waals surface area contributed by atoms with Crippen LogP contribution in [0.4, 0.5) is 0 Å². The molecule has 0 atom stereocenters. The van der Waals surface area contributed by atoms with Crippen molar-refractivity contribution in [2.75, 3.05) is 67.8 Å². The second-order valence-electron chi connectivity index (χ2n) is 18.8. The van der Waals surface area contributed by atoms with Crippen LogP contribution in [0.3, 0.4) is 0 Å². The Morgan fingerprint density at radius 3 is 1.26 bits per heavy atom. The molecule has 25 heteroatoms. The van der Waals surface area contributed by atoms with Gasteiger partial charge in [0.05, 0.1) is 26.2 Å². The van der Waals surface area contributed by atoms with Crippen molar-refractivity contribution in [2.45, 2.75) is 66.5 Å². The summed E-state index contributed by atoms with van der Waals surface area (Å²) in [5, 5.41) is 17.8. The molecule has 0 unspecified atom stereocenters. The van der Waals surface area contributed by atoms with E-state index in [0.29, 0.717) is 35.1 Å². The molecule has 444 valence electrons. The third-order valence-corrected chi connectivity index (χ3v) is 12.1. The van der Waals surface area contributed by atoms with Crippen LogP contribution in [0, 0.1) is 0 Å². The molecule has 0 saturated carbocycles. The first-order valence-electron chi connectivity index (χ1n) is 26.0. The molecule has 4 heterocycles. The number of carbonyl (C=O) groups is 1. The molecular formula is C57H72Cl4N10O11. The number of fused-ring (bicyclic) bond motifs is 2. The van der Waals surface area contributed by atoms with Gasteiger partial charge in [0, 0.05) is 57.3 Å². The van der Waals surface area contributed by atoms with Gasteiger partial charge in [-0.3, -0.25) is 41.8 Å². The number of aliphatic hydroxyl groups excluding tert-OH is 2. The Balaban J connectivity index is 0.000000313. The summed E-state index contributed by atoms with van der Waals surface area (Å²) in [6.45, 7) is 8.13. The zero-order valence-electron chi connectivity index (χ0n) is 47.5. The van der Waals surface area contributed by atoms with Gasteiger partial charge in [0.15, 0.2) is 22.3 Å². The second-order valence-corrected chi connectivity index (χ2v) is 20.2. The molecule has 0 fully saturated rings. The number of rotatable bonds is 22. The van der Waals surface area contributed by atoms with E-state index in [1.54, 1.807) is 47.4 Å². The highest BCUT2D eigenvalue weighted by atomic mass is 35.5. The van der Waals surface area contributed by atoms with Crippen LogP contribution in [0.2, 0.25) is 10.0 Å². The Morgan fingerprint density at radius 2 is 0.915 bits per heavy atom. The molecule has 0 bridgehead atoms. The van der Waals surface area contributed by atoms with Crippen LogP contribution in [-0.2, 0) is 58.2 Å². The Hall–Kier alpha value is -6.95. The van der Waals surface area contributed by atoms with Gasteiger partial charge in [-0.05, 0) is 124 Å². The molecule has 82 heavy (non-hydrogen) atoms. The Bertz CT molecular complexity index is 3350. The zero-order valence-corrected chi connectivity index (χ0v) is 50.6. The fourth-order valence-electron chi connectivity index (χ4n) is 8.26. The lowest BCUT2D eigenvalue weighted by atomic mass is 10.2. The number of imidazole rings is 2. The minimum atomic E-state index is -0.560. The third-order valence-electron chi connectivity index (χ3n) is 11.6. The smallest absolute Gasteiger partial charge is 0.332 e. The SMILES string of the molecule is CC(=O)Cl.CCCn1c(=O)c2c(nc(OCCOc3cccc(CN(C)C)c3)n2Cc2ccc(Cl)cc2)n(C)c1=O.CCO.CN(C)Cc1cccc(OCCOc2nc3c(c(=O)n(CCO)c(=O)n3C)n2Cc2ccc(Cl)cc2)c1.Cl. The average Bonchev–Trinajstić information content (AvgIpc) is 3.79. The van der Waals surface area contributed by atoms with E-state index in [4.69, 9.17) is 47.3 Å². The van der Waals surface area contributed by atoms with Gasteiger partial charge < -0.3 is 39.0 Å². The maximum atomic E-state index is 13.4. The van der Waals surface area contributed by atoms with Crippen LogP contribution in [0.5, 0.6) is 23.5 Å². The van der Waals surface area contributed by atoms with Crippen molar-refractivity contribution in [1.29, 1.82) is 0 Å². The van der Waals surface area contributed by atoms with Crippen molar-refractivity contribution in [2.24, 2.45) is 14.1 Å². The number of aryl methyl sites for hydroxylation is 2. The number of hydrogen-bond donors (Lipinski definition) is 2. The fourth-order valence-corrected chi connectivity index (χ4v) is 8.51. The quantitative estimate of drug-likeness (QED) is 0.0524. The summed E-state index contributed by atoms with van der Waals surface area (Å²) in [5.41, 5.74) is 3.18. The van der Waals surface area contributed by atoms with E-state index >= 15 is 0 Å². The van der Waals surface area contributed by atoms with E-state index in [9.17, 15) is 29.1 Å². The highest BCUT2D eigenvalue weighted by molar-refractivity contribution is 6.62. The molecule has 2 N–H and O–H groups in total. The van der Waals surface area contributed by atoms with Gasteiger partial charge in [-0.15, -0.1) is 12.4 Å². The summed E-state index contributed by atoms with van der Waals surface area (Å²) in [5.74, 6) is 1.48. The van der Waals surface area contributed by atoms with Crippen LogP contribution in [-0.4, -0.2) is 130 Å². The minimum Gasteiger partial charge on any atom is -0.490 e. The summed E-state index contributed by atoms with van der Waals surface area (Å²) >= 11 is 16.7. The number of aliphatic hydroxyl groups is 2. The normalized spacial score (nSPS) is 10.8. The van der Waals surface area contributed by atoms with Crippen LogP contribution >= 0.6 is 47.2 Å². The minimum absolute atomic E-state index is 0. The maximum absolute atomic E-state index is 13.4. The predicted molar refractivity (Wildman–Crippen MR) is 323 cm³/mol. The number of aromatic nitrogens is 8. The molecule has 0 aliphatic rings. The topological polar surface area (TPSA) is 225 Å². The van der Waals surface area contributed by atoms with E-state index in [1.165, 1.54) is 27.7 Å². The van der Waals surface area contributed by atoms with Gasteiger partial charge in [0.25, 0.3) is 23.1 Å². The van der Waals surface area contributed by atoms with Crippen molar-refractivity contribution >= 4 is 74.8 Å². The van der Waals surface area contributed by atoms with Crippen LogP contribution in [0.25, 0.3) is 22.3 Å². The summed E-state index contributed by atoms with van der Waals surface area (Å²) in [6, 6.07) is 30.7. The van der Waals surface area contributed by atoms with Crippen LogP contribution in [0.15, 0.2) is 116 Å². The molecule has 4 aromatic heterocycles. The lowest BCUT2D eigenvalue weighted by Crippen LogP contribution is -2.40. The molecule has 0 spiro atoms. The first kappa shape index (κ1) is 67.6. The molecule has 0 amide bonds. The van der Waals surface area contributed by atoms with Crippen molar-refractivity contribution in [3.05, 3.63) is 171 Å². The molecule has 0 radical (unpaired) electrons. The number of ether oxygens (including phenoxy) is 4. The van der Waals surface area contributed by atoms with E-state index in [1.807, 2.05) is 102 Å². The third kappa shape index (κ3) is 19.1. The zero-order chi connectivity index (χ0) is 59.3. The average molecular weight is 1220 g/mol. The number of nitrogens with zero attached hydrogens (tertiary/aromatic N) is 10. The standard InChI is InChI=1S/C27H32ClN5O4.C26H30ClN5O5.C2H3ClO.C2H6O.ClH/c1-5-13-32-25(34)23-24(31(4)27(32)35)29-26(33(23)18-19-9-11-21(28)12-10-19)37-15-14-36-22-8-6-7-20(16-22)17-30(2)3;1-29(2)16-19-5-4-6-21(15-19)36-13-14-37-25-28-23-22(24(34)31(11-12-33)26(35)30(23)3)32(25)17-18-7-9-20(27)10-8-18;1-2(3)4;1-2-3;/h6-12,16H,5,13-15,17-18H2,1-4H3;4-10,15,33H,11-14,16-17H2,1-3H3;1H3;3H,2H2,1H3;1H. The van der Waals surface area contributed by atoms with Crippen molar-refractivity contribution in [3.63, 3.8) is 0 Å². The lowest BCUT2D eigenvalue weighted by Gasteiger charge is -2.13. The van der Waals surface area contributed by atoms with E-state index < -0.39 is 16.9 Å². The Kier molecular flexibility index (Phi) is 27.4. The molecule has 4 aromatic carbocycles. The maximum Gasteiger partial charge on any atom is 0.332 e. The van der Waals surface area contributed by atoms with Crippen LogP contribution in [0.1, 0.15) is 49.4 Å². The molecule has 8 aromatic rings. The number of benzene rings is 4. The monoisotopic (exact) mass is 1210 g/mol. The van der Waals surface area contributed by atoms with E-state index in [2.05, 4.69) is 37.4 Å². The molecule has 0 saturated heterocycles. The van der Waals surface area contributed by atoms with Crippen molar-refractivity contribution in [3.8, 4) is 23.5 Å². The van der Waals surface area contributed by atoms with Gasteiger partial charge in [-0.1, -0.05) is 78.7 Å². The van der Waals surface area contributed by atoms with Gasteiger partial charge in [-0.25, -0.2) is 9.59 Å². The highest BCUT2D eigenvalue weighted by Gasteiger charge is 2.23. The fraction of sp³-hybridized carbons (Fsp3) is 0.386. The summed E-state index contributed by atoms with van der Waals surface area (Å²) in [7, 11) is 11.2. The summed E-state index contributed by atoms with van der Waals surface area (Å²) in [4.78, 5) is 74.6. The number of halogens is 4. The van der Waals surface area contributed by atoms with Gasteiger partial charge in [0.1, 0.15) is 37.9 Å². The Morgan fingerprint density at radius 1 is 0.561 bits per heavy atom.